The first kappa shape index (κ1) is 15.5. The predicted molar refractivity (Wildman–Crippen MR) is 47.8 cm³/mol. The molecule has 0 radical (unpaired) electrons. The number of carboxylic acid groups (broad SMARTS) is 1. The van der Waals surface area contributed by atoms with Crippen molar-refractivity contribution in [2.75, 3.05) is 18.7 Å². The molecule has 66 valence electrons. The maximum atomic E-state index is 10.3. The van der Waals surface area contributed by atoms with Crippen molar-refractivity contribution in [1.29, 1.82) is 0 Å². The first-order chi connectivity index (χ1) is 5.22. The van der Waals surface area contributed by atoms with Gasteiger partial charge in [-0.25, -0.2) is 0 Å². The average molecular weight is 218 g/mol. The minimum absolute atomic E-state index is 0. The van der Waals surface area contributed by atoms with Crippen LogP contribution in [0.3, 0.4) is 0 Å². The molecule has 0 unspecified atom stereocenters. The first-order valence-electron chi connectivity index (χ1n) is 3.26. The van der Waals surface area contributed by atoms with Crippen molar-refractivity contribution in [2.24, 2.45) is 0 Å². The fourth-order valence-electron chi connectivity index (χ4n) is 0.649. The Kier molecular flexibility index (Phi) is 13.0. The van der Waals surface area contributed by atoms with E-state index in [4.69, 9.17) is 5.11 Å². The number of hydrogen-bond acceptors (Lipinski definition) is 5. The summed E-state index contributed by atoms with van der Waals surface area (Å²) in [6.45, 7) is -0.326. The zero-order chi connectivity index (χ0) is 8.69. The van der Waals surface area contributed by atoms with Gasteiger partial charge in [-0.2, -0.15) is 11.8 Å². The average Bonchev–Trinajstić information content (AvgIpc) is 1.97. The van der Waals surface area contributed by atoms with Crippen molar-refractivity contribution in [1.82, 2.24) is 5.32 Å². The van der Waals surface area contributed by atoms with Crippen molar-refractivity contribution >= 4 is 55.5 Å². The summed E-state index contributed by atoms with van der Waals surface area (Å²) >= 11 is 1.56. The minimum Gasteiger partial charge on any atom is -0.548 e. The van der Waals surface area contributed by atoms with Gasteiger partial charge in [-0.15, -0.1) is 0 Å². The molecule has 0 saturated heterocycles. The van der Waals surface area contributed by atoms with E-state index in [2.05, 4.69) is 5.32 Å². The summed E-state index contributed by atoms with van der Waals surface area (Å²) in [5.41, 5.74) is 0. The van der Waals surface area contributed by atoms with Crippen LogP contribution in [-0.4, -0.2) is 73.6 Å². The van der Waals surface area contributed by atoms with Gasteiger partial charge in [-0.1, -0.05) is 0 Å². The molecule has 0 rings (SSSR count). The molecule has 0 aromatic heterocycles. The molecule has 4 nitrogen and oxygen atoms in total. The molecule has 0 saturated carbocycles. The number of thioether (sulfide) groups is 1. The molecule has 0 amide bonds. The molecule has 0 aliphatic carbocycles. The first-order valence-corrected chi connectivity index (χ1v) is 4.65. The third-order valence-electron chi connectivity index (χ3n) is 1.23. The molecule has 0 spiro atoms. The monoisotopic (exact) mass is 218 g/mol. The zero-order valence-corrected chi connectivity index (χ0v) is 10.1. The van der Waals surface area contributed by atoms with Gasteiger partial charge >= 0.3 is 37.7 Å². The van der Waals surface area contributed by atoms with E-state index in [9.17, 15) is 9.90 Å². The van der Waals surface area contributed by atoms with Crippen LogP contribution in [0, 0.1) is 0 Å². The van der Waals surface area contributed by atoms with Crippen LogP contribution in [0.5, 0.6) is 0 Å². The van der Waals surface area contributed by atoms with Crippen LogP contribution in [0.4, 0.5) is 0 Å². The Hall–Kier alpha value is 1.000. The van der Waals surface area contributed by atoms with Crippen LogP contribution in [0.2, 0.25) is 0 Å². The maximum absolute atomic E-state index is 10.3. The van der Waals surface area contributed by atoms with Gasteiger partial charge in [-0.3, -0.25) is 5.32 Å². The summed E-state index contributed by atoms with van der Waals surface area (Å²) in [6.07, 6.45) is 2.37. The molecule has 12 heavy (non-hydrogen) atoms. The van der Waals surface area contributed by atoms with E-state index in [0.717, 1.165) is 5.75 Å². The smallest absolute Gasteiger partial charge is 0.548 e. The molecule has 2 N–H and O–H groups in total. The molecule has 1 atom stereocenters. The number of nitrogens with one attached hydrogen (secondary N) is 1. The third kappa shape index (κ3) is 7.64. The molecular weight excluding hydrogens is 206 g/mol. The molecule has 0 fully saturated rings. The number of hydrogen-bond donors (Lipinski definition) is 2. The summed E-state index contributed by atoms with van der Waals surface area (Å²) in [7, 11) is 0. The largest absolute Gasteiger partial charge is 2.00 e. The van der Waals surface area contributed by atoms with Crippen molar-refractivity contribution in [3.63, 3.8) is 0 Å². The minimum atomic E-state index is -1.16. The zero-order valence-electron chi connectivity index (χ0n) is 7.08. The van der Waals surface area contributed by atoms with E-state index in [0.29, 0.717) is 6.42 Å². The van der Waals surface area contributed by atoms with Crippen molar-refractivity contribution in [2.45, 2.75) is 12.5 Å². The van der Waals surface area contributed by atoms with Gasteiger partial charge in [0.2, 0.25) is 0 Å². The topological polar surface area (TPSA) is 72.4 Å². The molecule has 0 aliphatic rings. The Morgan fingerprint density at radius 1 is 1.75 bits per heavy atom. The standard InChI is InChI=1S/C6H13NO3S.Ca/c1-11-3-2-5(6(9)10)7-4-8;/h5,7-8H,2-4H2,1H3,(H,9,10);/q;+2/p-1/t5-;/m0./s1. The van der Waals surface area contributed by atoms with Gasteiger partial charge in [-0.05, 0) is 18.4 Å². The summed E-state index contributed by atoms with van der Waals surface area (Å²) in [4.78, 5) is 10.3. The molecule has 0 heterocycles. The van der Waals surface area contributed by atoms with Crippen LogP contribution in [-0.2, 0) is 4.79 Å². The van der Waals surface area contributed by atoms with Crippen LogP contribution >= 0.6 is 11.8 Å². The van der Waals surface area contributed by atoms with Gasteiger partial charge in [0.15, 0.2) is 0 Å². The van der Waals surface area contributed by atoms with Crippen molar-refractivity contribution in [3.8, 4) is 0 Å². The summed E-state index contributed by atoms with van der Waals surface area (Å²) in [6, 6.07) is -0.729. The van der Waals surface area contributed by atoms with Crippen LogP contribution in [0.1, 0.15) is 6.42 Å². The normalized spacial score (nSPS) is 11.8. The molecular formula is C6H12CaNO3S+. The fourth-order valence-corrected chi connectivity index (χ4v) is 1.12. The van der Waals surface area contributed by atoms with E-state index in [-0.39, 0.29) is 44.5 Å². The SMILES string of the molecule is CSCC[C@H](NCO)C(=O)[O-].[Ca+2]. The Balaban J connectivity index is 0. The Bertz CT molecular complexity index is 125. The van der Waals surface area contributed by atoms with Gasteiger partial charge < -0.3 is 15.0 Å². The predicted octanol–water partition coefficient (Wildman–Crippen LogP) is -1.98. The number of rotatable bonds is 6. The molecule has 0 aliphatic heterocycles. The molecule has 0 bridgehead atoms. The van der Waals surface area contributed by atoms with Crippen molar-refractivity contribution < 1.29 is 15.0 Å². The van der Waals surface area contributed by atoms with E-state index in [1.165, 1.54) is 0 Å². The number of carboxylic acids is 1. The van der Waals surface area contributed by atoms with Gasteiger partial charge in [0.1, 0.15) is 0 Å². The van der Waals surface area contributed by atoms with E-state index in [1.54, 1.807) is 11.8 Å². The summed E-state index contributed by atoms with van der Waals surface area (Å²) < 4.78 is 0. The molecule has 0 aromatic carbocycles. The van der Waals surface area contributed by atoms with E-state index >= 15 is 0 Å². The summed E-state index contributed by atoms with van der Waals surface area (Å²) in [5, 5.41) is 21.1. The van der Waals surface area contributed by atoms with Gasteiger partial charge in [0, 0.05) is 6.04 Å². The number of carbonyl (C=O) groups excluding carboxylic acids is 1. The van der Waals surface area contributed by atoms with Gasteiger partial charge in [0.25, 0.3) is 0 Å². The quantitative estimate of drug-likeness (QED) is 0.399. The Morgan fingerprint density at radius 3 is 2.67 bits per heavy atom. The number of aliphatic carboxylic acids is 1. The second-order valence-electron chi connectivity index (χ2n) is 2.02. The molecule has 6 heteroatoms. The Morgan fingerprint density at radius 2 is 2.33 bits per heavy atom. The number of carbonyl (C=O) groups is 1. The second-order valence-corrected chi connectivity index (χ2v) is 3.00. The fraction of sp³-hybridized carbons (Fsp3) is 0.833. The van der Waals surface area contributed by atoms with E-state index in [1.807, 2.05) is 6.26 Å². The maximum Gasteiger partial charge on any atom is 2.00 e. The number of aliphatic hydroxyl groups is 1. The van der Waals surface area contributed by atoms with E-state index < -0.39 is 12.0 Å². The second kappa shape index (κ2) is 10.1. The summed E-state index contributed by atoms with van der Waals surface area (Å²) in [5.74, 6) is -0.417. The van der Waals surface area contributed by atoms with Crippen LogP contribution < -0.4 is 10.4 Å². The van der Waals surface area contributed by atoms with Crippen LogP contribution in [0.15, 0.2) is 0 Å². The third-order valence-corrected chi connectivity index (χ3v) is 1.88. The Labute approximate surface area is 106 Å². The number of aliphatic hydroxyl groups excluding tert-OH is 1. The van der Waals surface area contributed by atoms with Crippen LogP contribution in [0.25, 0.3) is 0 Å². The van der Waals surface area contributed by atoms with Crippen molar-refractivity contribution in [3.05, 3.63) is 0 Å². The van der Waals surface area contributed by atoms with Gasteiger partial charge in [0.05, 0.1) is 12.7 Å². The molecule has 0 aromatic rings.